The van der Waals surface area contributed by atoms with Crippen LogP contribution in [0.3, 0.4) is 0 Å². The number of hydrogen-bond donors (Lipinski definition) is 1. The van der Waals surface area contributed by atoms with Crippen LogP contribution in [-0.2, 0) is 0 Å². The standard InChI is InChI=1S/C13H20FNO/c1-3-4-5-8-16-13-7-6-11(14)9-12(13)10(2)15/h6-7,9-10H,3-5,8,15H2,1-2H3. The summed E-state index contributed by atoms with van der Waals surface area (Å²) in [6.45, 7) is 4.64. The number of rotatable bonds is 6. The molecule has 0 radical (unpaired) electrons. The second kappa shape index (κ2) is 6.48. The Kier molecular flexibility index (Phi) is 5.26. The zero-order valence-corrected chi connectivity index (χ0v) is 10.0. The predicted octanol–water partition coefficient (Wildman–Crippen LogP) is 3.41. The third-order valence-electron chi connectivity index (χ3n) is 2.47. The molecule has 0 aromatic heterocycles. The molecule has 0 heterocycles. The minimum atomic E-state index is -0.270. The van der Waals surface area contributed by atoms with Crippen molar-refractivity contribution in [3.05, 3.63) is 29.6 Å². The van der Waals surface area contributed by atoms with Crippen molar-refractivity contribution >= 4 is 0 Å². The summed E-state index contributed by atoms with van der Waals surface area (Å²) >= 11 is 0. The van der Waals surface area contributed by atoms with Crippen molar-refractivity contribution in [1.29, 1.82) is 0 Å². The highest BCUT2D eigenvalue weighted by Crippen LogP contribution is 2.24. The Morgan fingerprint density at radius 2 is 2.12 bits per heavy atom. The fraction of sp³-hybridized carbons (Fsp3) is 0.538. The maximum absolute atomic E-state index is 13.0. The van der Waals surface area contributed by atoms with Gasteiger partial charge in [-0.2, -0.15) is 0 Å². The van der Waals surface area contributed by atoms with E-state index in [9.17, 15) is 4.39 Å². The normalized spacial score (nSPS) is 12.5. The zero-order chi connectivity index (χ0) is 12.0. The molecular formula is C13H20FNO. The molecule has 0 fully saturated rings. The number of nitrogens with two attached hydrogens (primary N) is 1. The van der Waals surface area contributed by atoms with Gasteiger partial charge in [0.25, 0.3) is 0 Å². The van der Waals surface area contributed by atoms with Gasteiger partial charge in [-0.3, -0.25) is 0 Å². The first-order chi connectivity index (χ1) is 7.65. The van der Waals surface area contributed by atoms with Gasteiger partial charge in [0.15, 0.2) is 0 Å². The van der Waals surface area contributed by atoms with Crippen molar-refractivity contribution in [2.45, 2.75) is 39.2 Å². The van der Waals surface area contributed by atoms with Crippen LogP contribution in [0.2, 0.25) is 0 Å². The van der Waals surface area contributed by atoms with Gasteiger partial charge < -0.3 is 10.5 Å². The minimum absolute atomic E-state index is 0.211. The van der Waals surface area contributed by atoms with Crippen molar-refractivity contribution in [1.82, 2.24) is 0 Å². The second-order valence-corrected chi connectivity index (χ2v) is 4.03. The van der Waals surface area contributed by atoms with Gasteiger partial charge >= 0.3 is 0 Å². The molecule has 0 saturated heterocycles. The van der Waals surface area contributed by atoms with E-state index in [1.165, 1.54) is 12.1 Å². The van der Waals surface area contributed by atoms with Gasteiger partial charge in [0.1, 0.15) is 11.6 Å². The smallest absolute Gasteiger partial charge is 0.124 e. The first-order valence-electron chi connectivity index (χ1n) is 5.83. The van der Waals surface area contributed by atoms with Gasteiger partial charge in [0, 0.05) is 11.6 Å². The number of halogens is 1. The van der Waals surface area contributed by atoms with E-state index < -0.39 is 0 Å². The zero-order valence-electron chi connectivity index (χ0n) is 10.0. The summed E-state index contributed by atoms with van der Waals surface area (Å²) in [7, 11) is 0. The second-order valence-electron chi connectivity index (χ2n) is 4.03. The predicted molar refractivity (Wildman–Crippen MR) is 64.0 cm³/mol. The minimum Gasteiger partial charge on any atom is -0.493 e. The van der Waals surface area contributed by atoms with Gasteiger partial charge in [-0.1, -0.05) is 19.8 Å². The Labute approximate surface area is 96.6 Å². The number of ether oxygens (including phenoxy) is 1. The van der Waals surface area contributed by atoms with Crippen LogP contribution in [-0.4, -0.2) is 6.61 Å². The highest BCUT2D eigenvalue weighted by Gasteiger charge is 2.09. The topological polar surface area (TPSA) is 35.2 Å². The Balaban J connectivity index is 2.64. The monoisotopic (exact) mass is 225 g/mol. The lowest BCUT2D eigenvalue weighted by molar-refractivity contribution is 0.301. The average molecular weight is 225 g/mol. The van der Waals surface area contributed by atoms with Crippen molar-refractivity contribution < 1.29 is 9.13 Å². The lowest BCUT2D eigenvalue weighted by Crippen LogP contribution is -2.09. The summed E-state index contributed by atoms with van der Waals surface area (Å²) in [5, 5.41) is 0. The molecule has 0 amide bonds. The van der Waals surface area contributed by atoms with E-state index in [-0.39, 0.29) is 11.9 Å². The molecule has 16 heavy (non-hydrogen) atoms. The van der Waals surface area contributed by atoms with Crippen molar-refractivity contribution in [2.24, 2.45) is 5.73 Å². The van der Waals surface area contributed by atoms with Crippen LogP contribution in [0.15, 0.2) is 18.2 Å². The summed E-state index contributed by atoms with van der Waals surface area (Å²) in [5.74, 6) is 0.431. The summed E-state index contributed by atoms with van der Waals surface area (Å²) in [6.07, 6.45) is 3.33. The summed E-state index contributed by atoms with van der Waals surface area (Å²) < 4.78 is 18.6. The largest absolute Gasteiger partial charge is 0.493 e. The van der Waals surface area contributed by atoms with Crippen LogP contribution in [0.5, 0.6) is 5.75 Å². The molecule has 0 spiro atoms. The van der Waals surface area contributed by atoms with Crippen LogP contribution in [0.1, 0.15) is 44.7 Å². The van der Waals surface area contributed by atoms with Crippen LogP contribution in [0.25, 0.3) is 0 Å². The maximum atomic E-state index is 13.0. The van der Waals surface area contributed by atoms with Crippen molar-refractivity contribution in [2.75, 3.05) is 6.61 Å². The number of benzene rings is 1. The van der Waals surface area contributed by atoms with Crippen LogP contribution >= 0.6 is 0 Å². The fourth-order valence-corrected chi connectivity index (χ4v) is 1.54. The lowest BCUT2D eigenvalue weighted by atomic mass is 10.1. The summed E-state index contributed by atoms with van der Waals surface area (Å²) in [4.78, 5) is 0. The Bertz CT molecular complexity index is 326. The number of hydrogen-bond acceptors (Lipinski definition) is 2. The van der Waals surface area contributed by atoms with Crippen LogP contribution in [0.4, 0.5) is 4.39 Å². The first-order valence-corrected chi connectivity index (χ1v) is 5.83. The fourth-order valence-electron chi connectivity index (χ4n) is 1.54. The first kappa shape index (κ1) is 13.0. The molecule has 2 N–H and O–H groups in total. The van der Waals surface area contributed by atoms with E-state index >= 15 is 0 Å². The molecule has 0 aliphatic rings. The molecule has 1 aromatic rings. The average Bonchev–Trinajstić information content (AvgIpc) is 2.26. The van der Waals surface area contributed by atoms with E-state index in [4.69, 9.17) is 10.5 Å². The maximum Gasteiger partial charge on any atom is 0.124 e. The van der Waals surface area contributed by atoms with E-state index in [1.54, 1.807) is 6.07 Å². The third-order valence-corrected chi connectivity index (χ3v) is 2.47. The molecule has 1 atom stereocenters. The molecule has 2 nitrogen and oxygen atoms in total. The highest BCUT2D eigenvalue weighted by atomic mass is 19.1. The molecular weight excluding hydrogens is 205 g/mol. The molecule has 1 aromatic carbocycles. The van der Waals surface area contributed by atoms with E-state index in [1.807, 2.05) is 6.92 Å². The molecule has 1 unspecified atom stereocenters. The van der Waals surface area contributed by atoms with Gasteiger partial charge in [-0.05, 0) is 31.5 Å². The van der Waals surface area contributed by atoms with E-state index in [2.05, 4.69) is 6.92 Å². The Hall–Kier alpha value is -1.09. The van der Waals surface area contributed by atoms with Gasteiger partial charge in [-0.15, -0.1) is 0 Å². The number of unbranched alkanes of at least 4 members (excludes halogenated alkanes) is 2. The van der Waals surface area contributed by atoms with Gasteiger partial charge in [0.2, 0.25) is 0 Å². The van der Waals surface area contributed by atoms with Crippen LogP contribution < -0.4 is 10.5 Å². The Morgan fingerprint density at radius 1 is 1.38 bits per heavy atom. The SMILES string of the molecule is CCCCCOc1ccc(F)cc1C(C)N. The summed E-state index contributed by atoms with van der Waals surface area (Å²) in [5.41, 5.74) is 6.50. The van der Waals surface area contributed by atoms with Crippen LogP contribution in [0, 0.1) is 5.82 Å². The molecule has 3 heteroatoms. The van der Waals surface area contributed by atoms with E-state index in [0.717, 1.165) is 24.8 Å². The molecule has 0 bridgehead atoms. The lowest BCUT2D eigenvalue weighted by Gasteiger charge is -2.13. The highest BCUT2D eigenvalue weighted by molar-refractivity contribution is 5.36. The summed E-state index contributed by atoms with van der Waals surface area (Å²) in [6, 6.07) is 4.29. The van der Waals surface area contributed by atoms with Gasteiger partial charge in [-0.25, -0.2) is 4.39 Å². The quantitative estimate of drug-likeness (QED) is 0.753. The molecule has 0 saturated carbocycles. The Morgan fingerprint density at radius 3 is 2.75 bits per heavy atom. The van der Waals surface area contributed by atoms with E-state index in [0.29, 0.717) is 12.4 Å². The van der Waals surface area contributed by atoms with Crippen molar-refractivity contribution in [3.63, 3.8) is 0 Å². The van der Waals surface area contributed by atoms with Gasteiger partial charge in [0.05, 0.1) is 6.61 Å². The third kappa shape index (κ3) is 3.81. The van der Waals surface area contributed by atoms with Crippen molar-refractivity contribution in [3.8, 4) is 5.75 Å². The molecule has 1 rings (SSSR count). The molecule has 0 aliphatic heterocycles. The molecule has 0 aliphatic carbocycles. The molecule has 90 valence electrons.